The summed E-state index contributed by atoms with van der Waals surface area (Å²) in [6.07, 6.45) is 5.60. The molecule has 0 aromatic heterocycles. The van der Waals surface area contributed by atoms with Crippen molar-refractivity contribution in [3.8, 4) is 0 Å². The lowest BCUT2D eigenvalue weighted by atomic mass is 9.95. The Morgan fingerprint density at radius 3 is 2.67 bits per heavy atom. The number of nitrogens with one attached hydrogen (secondary N) is 2. The quantitative estimate of drug-likeness (QED) is 0.491. The summed E-state index contributed by atoms with van der Waals surface area (Å²) in [7, 11) is 1.12. The zero-order valence-electron chi connectivity index (χ0n) is 16.1. The summed E-state index contributed by atoms with van der Waals surface area (Å²) in [6, 6.07) is 0.373. The largest absolute Gasteiger partial charge is 0.378 e. The second-order valence-corrected chi connectivity index (χ2v) is 8.83. The summed E-state index contributed by atoms with van der Waals surface area (Å²) >= 11 is 0. The van der Waals surface area contributed by atoms with Crippen LogP contribution in [-0.2, 0) is 15.5 Å². The van der Waals surface area contributed by atoms with E-state index in [0.29, 0.717) is 17.2 Å². The predicted molar refractivity (Wildman–Crippen MR) is 104 cm³/mol. The third-order valence-electron chi connectivity index (χ3n) is 4.69. The van der Waals surface area contributed by atoms with Gasteiger partial charge in [0.25, 0.3) is 0 Å². The van der Waals surface area contributed by atoms with Gasteiger partial charge in [-0.2, -0.15) is 0 Å². The SMILES string of the molecule is CCOC(CCNC(=NC)NC1CCCC(S(=O)CC)C1)C(C)C. The highest BCUT2D eigenvalue weighted by Gasteiger charge is 2.26. The molecule has 2 N–H and O–H groups in total. The van der Waals surface area contributed by atoms with E-state index in [2.05, 4.69) is 29.5 Å². The molecule has 0 aromatic rings. The topological polar surface area (TPSA) is 62.7 Å². The first-order chi connectivity index (χ1) is 11.5. The van der Waals surface area contributed by atoms with Gasteiger partial charge in [0, 0.05) is 48.0 Å². The number of rotatable bonds is 9. The molecule has 0 aromatic carbocycles. The lowest BCUT2D eigenvalue weighted by Crippen LogP contribution is -2.47. The van der Waals surface area contributed by atoms with Gasteiger partial charge in [-0.15, -0.1) is 0 Å². The molecule has 142 valence electrons. The summed E-state index contributed by atoms with van der Waals surface area (Å²) in [4.78, 5) is 4.34. The maximum absolute atomic E-state index is 12.1. The molecule has 4 atom stereocenters. The van der Waals surface area contributed by atoms with E-state index >= 15 is 0 Å². The fraction of sp³-hybridized carbons (Fsp3) is 0.944. The summed E-state index contributed by atoms with van der Waals surface area (Å²) in [5.74, 6) is 2.13. The molecular weight excluding hydrogens is 322 g/mol. The molecule has 0 radical (unpaired) electrons. The van der Waals surface area contributed by atoms with E-state index in [1.165, 1.54) is 0 Å². The molecule has 1 aliphatic carbocycles. The van der Waals surface area contributed by atoms with Crippen LogP contribution in [0.1, 0.15) is 59.8 Å². The Bertz CT molecular complexity index is 402. The van der Waals surface area contributed by atoms with Gasteiger partial charge in [0.15, 0.2) is 5.96 Å². The molecule has 1 fully saturated rings. The fourth-order valence-corrected chi connectivity index (χ4v) is 4.64. The normalized spacial score (nSPS) is 24.7. The van der Waals surface area contributed by atoms with Crippen LogP contribution in [0.15, 0.2) is 4.99 Å². The Labute approximate surface area is 150 Å². The van der Waals surface area contributed by atoms with Crippen LogP contribution in [-0.4, -0.2) is 53.5 Å². The van der Waals surface area contributed by atoms with Crippen molar-refractivity contribution in [2.24, 2.45) is 10.9 Å². The molecule has 1 rings (SSSR count). The average molecular weight is 360 g/mol. The average Bonchev–Trinajstić information content (AvgIpc) is 2.59. The van der Waals surface area contributed by atoms with Crippen molar-refractivity contribution in [3.05, 3.63) is 0 Å². The number of guanidine groups is 1. The maximum atomic E-state index is 12.1. The highest BCUT2D eigenvalue weighted by molar-refractivity contribution is 7.85. The van der Waals surface area contributed by atoms with Gasteiger partial charge < -0.3 is 15.4 Å². The molecule has 6 heteroatoms. The molecule has 0 heterocycles. The molecule has 1 saturated carbocycles. The fourth-order valence-electron chi connectivity index (χ4n) is 3.29. The molecular formula is C18H37N3O2S. The minimum Gasteiger partial charge on any atom is -0.378 e. The first-order valence-corrected chi connectivity index (χ1v) is 10.9. The molecule has 4 unspecified atom stereocenters. The summed E-state index contributed by atoms with van der Waals surface area (Å²) in [5.41, 5.74) is 0. The number of hydrogen-bond acceptors (Lipinski definition) is 3. The van der Waals surface area contributed by atoms with Gasteiger partial charge in [0.2, 0.25) is 0 Å². The monoisotopic (exact) mass is 359 g/mol. The first kappa shape index (κ1) is 21.4. The number of aliphatic imine (C=N–C) groups is 1. The number of ether oxygens (including phenoxy) is 1. The lowest BCUT2D eigenvalue weighted by molar-refractivity contribution is 0.0258. The van der Waals surface area contributed by atoms with Gasteiger partial charge in [-0.05, 0) is 38.5 Å². The van der Waals surface area contributed by atoms with Crippen molar-refractivity contribution >= 4 is 16.8 Å². The Morgan fingerprint density at radius 1 is 1.33 bits per heavy atom. The highest BCUT2D eigenvalue weighted by atomic mass is 32.2. The van der Waals surface area contributed by atoms with Crippen LogP contribution in [0, 0.1) is 5.92 Å². The number of nitrogens with zero attached hydrogens (tertiary/aromatic N) is 1. The van der Waals surface area contributed by atoms with E-state index in [1.54, 1.807) is 0 Å². The molecule has 0 spiro atoms. The van der Waals surface area contributed by atoms with Crippen LogP contribution in [0.2, 0.25) is 0 Å². The zero-order valence-corrected chi connectivity index (χ0v) is 17.0. The molecule has 24 heavy (non-hydrogen) atoms. The third kappa shape index (κ3) is 7.51. The van der Waals surface area contributed by atoms with Gasteiger partial charge in [0.1, 0.15) is 0 Å². The molecule has 0 amide bonds. The molecule has 0 aliphatic heterocycles. The number of hydrogen-bond donors (Lipinski definition) is 2. The van der Waals surface area contributed by atoms with Crippen LogP contribution in [0.5, 0.6) is 0 Å². The second kappa shape index (κ2) is 11.9. The maximum Gasteiger partial charge on any atom is 0.191 e. The minimum atomic E-state index is -0.687. The summed E-state index contributed by atoms with van der Waals surface area (Å²) < 4.78 is 17.9. The second-order valence-electron chi connectivity index (χ2n) is 6.82. The van der Waals surface area contributed by atoms with Gasteiger partial charge in [-0.3, -0.25) is 9.20 Å². The standard InChI is InChI=1S/C18H37N3O2S/c1-6-23-17(14(3)4)11-12-20-18(19-5)21-15-9-8-10-16(13-15)24(22)7-2/h14-17H,6-13H2,1-5H3,(H2,19,20,21). The third-order valence-corrected chi connectivity index (χ3v) is 6.43. The molecule has 5 nitrogen and oxygen atoms in total. The zero-order chi connectivity index (χ0) is 17.9. The van der Waals surface area contributed by atoms with E-state index in [-0.39, 0.29) is 6.10 Å². The smallest absolute Gasteiger partial charge is 0.191 e. The van der Waals surface area contributed by atoms with Crippen molar-refractivity contribution in [2.75, 3.05) is 26.0 Å². The van der Waals surface area contributed by atoms with E-state index in [1.807, 2.05) is 20.9 Å². The van der Waals surface area contributed by atoms with Crippen LogP contribution in [0.25, 0.3) is 0 Å². The van der Waals surface area contributed by atoms with Crippen LogP contribution >= 0.6 is 0 Å². The Morgan fingerprint density at radius 2 is 2.08 bits per heavy atom. The molecule has 0 bridgehead atoms. The van der Waals surface area contributed by atoms with Crippen molar-refractivity contribution in [2.45, 2.75) is 77.2 Å². The van der Waals surface area contributed by atoms with Crippen LogP contribution in [0.4, 0.5) is 0 Å². The van der Waals surface area contributed by atoms with Crippen LogP contribution in [0.3, 0.4) is 0 Å². The summed E-state index contributed by atoms with van der Waals surface area (Å²) in [5, 5.41) is 7.25. The van der Waals surface area contributed by atoms with Gasteiger partial charge in [-0.25, -0.2) is 0 Å². The van der Waals surface area contributed by atoms with Crippen molar-refractivity contribution in [1.29, 1.82) is 0 Å². The summed E-state index contributed by atoms with van der Waals surface area (Å²) in [6.45, 7) is 10.1. The van der Waals surface area contributed by atoms with Crippen molar-refractivity contribution in [3.63, 3.8) is 0 Å². The van der Waals surface area contributed by atoms with E-state index in [0.717, 1.165) is 57.0 Å². The Kier molecular flexibility index (Phi) is 10.6. The lowest BCUT2D eigenvalue weighted by Gasteiger charge is -2.30. The van der Waals surface area contributed by atoms with E-state index in [9.17, 15) is 4.21 Å². The van der Waals surface area contributed by atoms with Crippen molar-refractivity contribution in [1.82, 2.24) is 10.6 Å². The van der Waals surface area contributed by atoms with E-state index in [4.69, 9.17) is 4.74 Å². The Balaban J connectivity index is 2.40. The molecule has 0 saturated heterocycles. The highest BCUT2D eigenvalue weighted by Crippen LogP contribution is 2.23. The van der Waals surface area contributed by atoms with Gasteiger partial charge in [-0.1, -0.05) is 27.2 Å². The first-order valence-electron chi connectivity index (χ1n) is 9.47. The predicted octanol–water partition coefficient (Wildman–Crippen LogP) is 2.68. The van der Waals surface area contributed by atoms with E-state index < -0.39 is 10.8 Å². The molecule has 1 aliphatic rings. The van der Waals surface area contributed by atoms with Crippen LogP contribution < -0.4 is 10.6 Å². The van der Waals surface area contributed by atoms with Gasteiger partial charge >= 0.3 is 0 Å². The Hall–Kier alpha value is -0.620. The van der Waals surface area contributed by atoms with Crippen molar-refractivity contribution < 1.29 is 8.95 Å². The minimum absolute atomic E-state index is 0.284. The van der Waals surface area contributed by atoms with Gasteiger partial charge in [0.05, 0.1) is 6.10 Å².